The van der Waals surface area contributed by atoms with Crippen LogP contribution in [0, 0.1) is 30.1 Å². The number of carbonyl (C=O) groups excluding carboxylic acids is 1. The van der Waals surface area contributed by atoms with E-state index in [0.29, 0.717) is 17.8 Å². The third-order valence-corrected chi connectivity index (χ3v) is 3.04. The van der Waals surface area contributed by atoms with E-state index in [9.17, 15) is 4.79 Å². The molecule has 1 heterocycles. The Hall–Kier alpha value is -1.17. The molecular formula is C12H17NO2. The third-order valence-electron chi connectivity index (χ3n) is 3.04. The zero-order valence-corrected chi connectivity index (χ0v) is 9.49. The molecule has 0 radical (unpaired) electrons. The van der Waals surface area contributed by atoms with Gasteiger partial charge in [0.15, 0.2) is 0 Å². The number of amides is 1. The summed E-state index contributed by atoms with van der Waals surface area (Å²) in [7, 11) is 0. The van der Waals surface area contributed by atoms with Crippen molar-refractivity contribution in [3.63, 3.8) is 0 Å². The zero-order chi connectivity index (χ0) is 11.2. The summed E-state index contributed by atoms with van der Waals surface area (Å²) in [4.78, 5) is 13.4. The summed E-state index contributed by atoms with van der Waals surface area (Å²) in [5.74, 6) is 4.24. The quantitative estimate of drug-likeness (QED) is 0.566. The Labute approximate surface area is 90.8 Å². The molecule has 15 heavy (non-hydrogen) atoms. The Morgan fingerprint density at radius 3 is 2.33 bits per heavy atom. The minimum atomic E-state index is -0.407. The number of piperidine rings is 1. The monoisotopic (exact) mass is 207 g/mol. The fourth-order valence-electron chi connectivity index (χ4n) is 2.25. The summed E-state index contributed by atoms with van der Waals surface area (Å²) in [6, 6.07) is 0. The van der Waals surface area contributed by atoms with E-state index in [1.165, 1.54) is 0 Å². The number of hydrogen-bond donors (Lipinski definition) is 0. The van der Waals surface area contributed by atoms with E-state index in [4.69, 9.17) is 11.2 Å². The molecule has 1 saturated carbocycles. The van der Waals surface area contributed by atoms with Gasteiger partial charge in [-0.25, -0.2) is 4.79 Å². The van der Waals surface area contributed by atoms with Crippen molar-refractivity contribution in [2.24, 2.45) is 17.8 Å². The molecule has 0 aromatic heterocycles. The molecule has 1 aliphatic heterocycles. The molecule has 0 N–H and O–H groups in total. The second-order valence-electron chi connectivity index (χ2n) is 5.41. The molecule has 3 nitrogen and oxygen atoms in total. The molecule has 0 aromatic rings. The maximum absolute atomic E-state index is 11.7. The molecule has 0 spiro atoms. The predicted octanol–water partition coefficient (Wildman–Crippen LogP) is 1.73. The number of carbonyl (C=O) groups is 1. The van der Waals surface area contributed by atoms with Crippen molar-refractivity contribution in [1.29, 1.82) is 0 Å². The molecule has 0 bridgehead atoms. The lowest BCUT2D eigenvalue weighted by Gasteiger charge is -2.25. The summed E-state index contributed by atoms with van der Waals surface area (Å²) in [6.07, 6.45) is 5.16. The Bertz CT molecular complexity index is 311. The van der Waals surface area contributed by atoms with Gasteiger partial charge in [-0.3, -0.25) is 0 Å². The van der Waals surface area contributed by atoms with Gasteiger partial charge < -0.3 is 9.64 Å². The third kappa shape index (κ3) is 1.94. The Kier molecular flexibility index (Phi) is 2.18. The lowest BCUT2D eigenvalue weighted by molar-refractivity contribution is 0.0269. The van der Waals surface area contributed by atoms with E-state index in [1.807, 2.05) is 20.8 Å². The minimum Gasteiger partial charge on any atom is -0.444 e. The summed E-state index contributed by atoms with van der Waals surface area (Å²) >= 11 is 0. The molecule has 3 atom stereocenters. The van der Waals surface area contributed by atoms with Crippen LogP contribution in [0.2, 0.25) is 0 Å². The van der Waals surface area contributed by atoms with Crippen LogP contribution in [0.5, 0.6) is 0 Å². The van der Waals surface area contributed by atoms with Crippen molar-refractivity contribution >= 4 is 6.09 Å². The maximum Gasteiger partial charge on any atom is 0.410 e. The van der Waals surface area contributed by atoms with Crippen LogP contribution in [0.1, 0.15) is 20.8 Å². The van der Waals surface area contributed by atoms with Crippen LogP contribution in [0.15, 0.2) is 0 Å². The normalized spacial score (nSPS) is 33.2. The molecule has 0 unspecified atom stereocenters. The first kappa shape index (κ1) is 10.4. The van der Waals surface area contributed by atoms with Crippen molar-refractivity contribution in [3.8, 4) is 12.3 Å². The fraction of sp³-hybridized carbons (Fsp3) is 0.750. The largest absolute Gasteiger partial charge is 0.444 e. The molecule has 2 rings (SSSR count). The average molecular weight is 207 g/mol. The predicted molar refractivity (Wildman–Crippen MR) is 57.1 cm³/mol. The molecule has 1 aliphatic carbocycles. The Morgan fingerprint density at radius 1 is 1.40 bits per heavy atom. The Balaban J connectivity index is 1.85. The lowest BCUT2D eigenvalue weighted by Crippen LogP contribution is -2.36. The zero-order valence-electron chi connectivity index (χ0n) is 9.49. The van der Waals surface area contributed by atoms with E-state index in [0.717, 1.165) is 13.1 Å². The molecule has 82 valence electrons. The maximum atomic E-state index is 11.7. The summed E-state index contributed by atoms with van der Waals surface area (Å²) in [5, 5.41) is 0. The second-order valence-corrected chi connectivity index (χ2v) is 5.41. The van der Waals surface area contributed by atoms with E-state index < -0.39 is 5.60 Å². The van der Waals surface area contributed by atoms with Gasteiger partial charge >= 0.3 is 6.09 Å². The van der Waals surface area contributed by atoms with Crippen LogP contribution >= 0.6 is 0 Å². The summed E-state index contributed by atoms with van der Waals surface area (Å²) in [5.41, 5.74) is -0.407. The first-order valence-electron chi connectivity index (χ1n) is 5.36. The van der Waals surface area contributed by atoms with Gasteiger partial charge in [0.05, 0.1) is 0 Å². The number of hydrogen-bond acceptors (Lipinski definition) is 2. The highest BCUT2D eigenvalue weighted by Gasteiger charge is 2.56. The van der Waals surface area contributed by atoms with E-state index >= 15 is 0 Å². The van der Waals surface area contributed by atoms with Gasteiger partial charge in [-0.1, -0.05) is 0 Å². The van der Waals surface area contributed by atoms with Gasteiger partial charge in [0.2, 0.25) is 0 Å². The van der Waals surface area contributed by atoms with Crippen LogP contribution in [-0.2, 0) is 4.74 Å². The van der Waals surface area contributed by atoms with Crippen molar-refractivity contribution in [2.75, 3.05) is 13.1 Å². The number of fused-ring (bicyclic) bond motifs is 1. The van der Waals surface area contributed by atoms with Crippen molar-refractivity contribution < 1.29 is 9.53 Å². The molecule has 2 fully saturated rings. The lowest BCUT2D eigenvalue weighted by atomic mass is 10.2. The minimum absolute atomic E-state index is 0.203. The van der Waals surface area contributed by atoms with Gasteiger partial charge in [0.25, 0.3) is 0 Å². The average Bonchev–Trinajstić information content (AvgIpc) is 2.54. The smallest absolute Gasteiger partial charge is 0.410 e. The highest BCUT2D eigenvalue weighted by Crippen LogP contribution is 2.51. The van der Waals surface area contributed by atoms with Gasteiger partial charge in [-0.05, 0) is 32.6 Å². The van der Waals surface area contributed by atoms with E-state index in [-0.39, 0.29) is 6.09 Å². The summed E-state index contributed by atoms with van der Waals surface area (Å²) < 4.78 is 5.29. The SMILES string of the molecule is C#C[C@H]1[C@H]2CN(C(=O)OC(C)(C)C)C[C@@H]12. The van der Waals surface area contributed by atoms with Gasteiger partial charge in [0, 0.05) is 19.0 Å². The standard InChI is InChI=1S/C12H17NO2/c1-5-8-9-6-13(7-10(8)9)11(14)15-12(2,3)4/h1,8-10H,6-7H2,2-4H3/t8-,9+,10-. The topological polar surface area (TPSA) is 29.5 Å². The highest BCUT2D eigenvalue weighted by molar-refractivity contribution is 5.69. The number of rotatable bonds is 0. The number of ether oxygens (including phenoxy) is 1. The van der Waals surface area contributed by atoms with Crippen LogP contribution < -0.4 is 0 Å². The van der Waals surface area contributed by atoms with Crippen molar-refractivity contribution in [1.82, 2.24) is 4.90 Å². The molecular weight excluding hydrogens is 190 g/mol. The second kappa shape index (κ2) is 3.16. The van der Waals surface area contributed by atoms with E-state index in [1.54, 1.807) is 4.90 Å². The van der Waals surface area contributed by atoms with Crippen molar-refractivity contribution in [2.45, 2.75) is 26.4 Å². The van der Waals surface area contributed by atoms with Crippen LogP contribution in [-0.4, -0.2) is 29.7 Å². The number of nitrogens with zero attached hydrogens (tertiary/aromatic N) is 1. The molecule has 3 heteroatoms. The van der Waals surface area contributed by atoms with Crippen LogP contribution in [0.25, 0.3) is 0 Å². The number of terminal acetylenes is 1. The first-order chi connectivity index (χ1) is 6.92. The molecule has 2 aliphatic rings. The molecule has 1 saturated heterocycles. The Morgan fingerprint density at radius 2 is 1.93 bits per heavy atom. The molecule has 1 amide bonds. The van der Waals surface area contributed by atoms with Gasteiger partial charge in [-0.2, -0.15) is 0 Å². The fourth-order valence-corrected chi connectivity index (χ4v) is 2.25. The van der Waals surface area contributed by atoms with Gasteiger partial charge in [-0.15, -0.1) is 12.3 Å². The van der Waals surface area contributed by atoms with Crippen LogP contribution in [0.3, 0.4) is 0 Å². The highest BCUT2D eigenvalue weighted by atomic mass is 16.6. The van der Waals surface area contributed by atoms with Crippen LogP contribution in [0.4, 0.5) is 4.79 Å². The first-order valence-corrected chi connectivity index (χ1v) is 5.36. The molecule has 0 aromatic carbocycles. The summed E-state index contributed by atoms with van der Waals surface area (Å²) in [6.45, 7) is 7.19. The van der Waals surface area contributed by atoms with E-state index in [2.05, 4.69) is 5.92 Å². The van der Waals surface area contributed by atoms with Crippen molar-refractivity contribution in [3.05, 3.63) is 0 Å². The number of likely N-dealkylation sites (tertiary alicyclic amines) is 1. The van der Waals surface area contributed by atoms with Gasteiger partial charge in [0.1, 0.15) is 5.60 Å².